The molecular formula is C7H11N2O. The van der Waals surface area contributed by atoms with Crippen molar-refractivity contribution in [3.63, 3.8) is 0 Å². The van der Waals surface area contributed by atoms with Crippen molar-refractivity contribution in [2.75, 3.05) is 6.61 Å². The molecule has 0 aliphatic carbocycles. The van der Waals surface area contributed by atoms with E-state index < -0.39 is 0 Å². The molecule has 55 valence electrons. The van der Waals surface area contributed by atoms with Crippen molar-refractivity contribution in [2.24, 2.45) is 0 Å². The van der Waals surface area contributed by atoms with Crippen molar-refractivity contribution in [1.29, 1.82) is 0 Å². The van der Waals surface area contributed by atoms with Gasteiger partial charge in [0.15, 0.2) is 6.33 Å². The first-order valence-electron chi connectivity index (χ1n) is 3.28. The van der Waals surface area contributed by atoms with Gasteiger partial charge in [0.1, 0.15) is 0 Å². The predicted octanol–water partition coefficient (Wildman–Crippen LogP) is 0.292. The van der Waals surface area contributed by atoms with Crippen LogP contribution in [-0.2, 0) is 6.54 Å². The molecule has 0 amide bonds. The predicted molar refractivity (Wildman–Crippen MR) is 37.6 cm³/mol. The molecule has 1 aromatic heterocycles. The quantitative estimate of drug-likeness (QED) is 0.639. The Kier molecular flexibility index (Phi) is 2.06. The van der Waals surface area contributed by atoms with Crippen LogP contribution in [-0.4, -0.2) is 21.3 Å². The third kappa shape index (κ3) is 1.19. The number of hydrogen-bond acceptors (Lipinski definition) is 2. The summed E-state index contributed by atoms with van der Waals surface area (Å²) < 4.78 is 1.81. The highest BCUT2D eigenvalue weighted by molar-refractivity contribution is 5.07. The van der Waals surface area contributed by atoms with Crippen LogP contribution in [0.25, 0.3) is 0 Å². The van der Waals surface area contributed by atoms with Gasteiger partial charge in [-0.3, -0.25) is 0 Å². The number of aromatic nitrogens is 2. The number of imidazole rings is 1. The van der Waals surface area contributed by atoms with Gasteiger partial charge in [0.25, 0.3) is 0 Å². The summed E-state index contributed by atoms with van der Waals surface area (Å²) in [5.74, 6) is 0. The van der Waals surface area contributed by atoms with Crippen LogP contribution in [0.1, 0.15) is 11.4 Å². The van der Waals surface area contributed by atoms with Crippen molar-refractivity contribution >= 4 is 0 Å². The molecule has 10 heavy (non-hydrogen) atoms. The van der Waals surface area contributed by atoms with Crippen LogP contribution in [0, 0.1) is 20.2 Å². The van der Waals surface area contributed by atoms with Gasteiger partial charge in [0.05, 0.1) is 12.3 Å². The fraction of sp³-hybridized carbons (Fsp3) is 0.571. The molecule has 0 bridgehead atoms. The highest BCUT2D eigenvalue weighted by atomic mass is 16.3. The fourth-order valence-corrected chi connectivity index (χ4v) is 0.804. The lowest BCUT2D eigenvalue weighted by atomic mass is 10.4. The minimum Gasteiger partial charge on any atom is -0.395 e. The molecule has 1 radical (unpaired) electrons. The van der Waals surface area contributed by atoms with Gasteiger partial charge in [-0.05, 0) is 13.8 Å². The number of hydrogen-bond donors (Lipinski definition) is 1. The van der Waals surface area contributed by atoms with Gasteiger partial charge in [-0.25, -0.2) is 4.98 Å². The zero-order valence-corrected chi connectivity index (χ0v) is 6.26. The van der Waals surface area contributed by atoms with Crippen LogP contribution < -0.4 is 0 Å². The monoisotopic (exact) mass is 139 g/mol. The van der Waals surface area contributed by atoms with E-state index in [9.17, 15) is 0 Å². The van der Waals surface area contributed by atoms with Gasteiger partial charge in [0.2, 0.25) is 0 Å². The third-order valence-corrected chi connectivity index (χ3v) is 1.59. The summed E-state index contributed by atoms with van der Waals surface area (Å²) in [5, 5.41) is 8.58. The lowest BCUT2D eigenvalue weighted by Gasteiger charge is -1.99. The van der Waals surface area contributed by atoms with E-state index in [-0.39, 0.29) is 6.61 Å². The molecule has 0 aliphatic rings. The Hall–Kier alpha value is -0.830. The Morgan fingerprint density at radius 2 is 2.30 bits per heavy atom. The summed E-state index contributed by atoms with van der Waals surface area (Å²) in [6.07, 6.45) is 2.78. The summed E-state index contributed by atoms with van der Waals surface area (Å²) in [5.41, 5.74) is 2.06. The lowest BCUT2D eigenvalue weighted by molar-refractivity contribution is 0.274. The van der Waals surface area contributed by atoms with Crippen molar-refractivity contribution in [3.05, 3.63) is 17.7 Å². The normalized spacial score (nSPS) is 10.3. The first-order valence-corrected chi connectivity index (χ1v) is 3.28. The largest absolute Gasteiger partial charge is 0.395 e. The number of nitrogens with zero attached hydrogens (tertiary/aromatic N) is 2. The van der Waals surface area contributed by atoms with Gasteiger partial charge in [0, 0.05) is 12.2 Å². The molecule has 0 fully saturated rings. The second-order valence-corrected chi connectivity index (χ2v) is 2.26. The third-order valence-electron chi connectivity index (χ3n) is 1.59. The van der Waals surface area contributed by atoms with Crippen molar-refractivity contribution in [1.82, 2.24) is 9.55 Å². The molecule has 0 atom stereocenters. The maximum absolute atomic E-state index is 8.58. The molecule has 0 saturated carbocycles. The fourth-order valence-electron chi connectivity index (χ4n) is 0.804. The molecule has 1 heterocycles. The summed E-state index contributed by atoms with van der Waals surface area (Å²) in [6.45, 7) is 4.63. The van der Waals surface area contributed by atoms with Crippen molar-refractivity contribution < 1.29 is 5.11 Å². The minimum absolute atomic E-state index is 0.146. The van der Waals surface area contributed by atoms with Crippen molar-refractivity contribution in [2.45, 2.75) is 20.4 Å². The number of aliphatic hydroxyl groups excluding tert-OH is 1. The highest BCUT2D eigenvalue weighted by Crippen LogP contribution is 2.01. The molecule has 1 rings (SSSR count). The Morgan fingerprint density at radius 1 is 1.60 bits per heavy atom. The highest BCUT2D eigenvalue weighted by Gasteiger charge is 1.99. The van der Waals surface area contributed by atoms with Gasteiger partial charge >= 0.3 is 0 Å². The zero-order chi connectivity index (χ0) is 7.56. The summed E-state index contributed by atoms with van der Waals surface area (Å²) in [4.78, 5) is 3.96. The SMILES string of the molecule is Cc1n[c]n(CCO)c1C. The Labute approximate surface area is 60.3 Å². The maximum atomic E-state index is 8.58. The molecule has 0 aromatic carbocycles. The molecule has 0 unspecified atom stereocenters. The molecule has 0 saturated heterocycles. The van der Waals surface area contributed by atoms with Crippen LogP contribution >= 0.6 is 0 Å². The Bertz CT molecular complexity index is 217. The van der Waals surface area contributed by atoms with Gasteiger partial charge in [-0.2, -0.15) is 0 Å². The van der Waals surface area contributed by atoms with Gasteiger partial charge in [-0.15, -0.1) is 0 Å². The molecule has 3 nitrogen and oxygen atoms in total. The van der Waals surface area contributed by atoms with Crippen LogP contribution in [0.4, 0.5) is 0 Å². The van der Waals surface area contributed by atoms with E-state index in [4.69, 9.17) is 5.11 Å². The zero-order valence-electron chi connectivity index (χ0n) is 6.26. The average Bonchev–Trinajstić information content (AvgIpc) is 2.20. The summed E-state index contributed by atoms with van der Waals surface area (Å²) in [6, 6.07) is 0. The van der Waals surface area contributed by atoms with Crippen LogP contribution in [0.5, 0.6) is 0 Å². The van der Waals surface area contributed by atoms with E-state index in [0.717, 1.165) is 11.4 Å². The summed E-state index contributed by atoms with van der Waals surface area (Å²) in [7, 11) is 0. The maximum Gasteiger partial charge on any atom is 0.177 e. The average molecular weight is 139 g/mol. The van der Waals surface area contributed by atoms with Crippen molar-refractivity contribution in [3.8, 4) is 0 Å². The van der Waals surface area contributed by atoms with Gasteiger partial charge < -0.3 is 9.67 Å². The van der Waals surface area contributed by atoms with Gasteiger partial charge in [-0.1, -0.05) is 0 Å². The van der Waals surface area contributed by atoms with E-state index in [0.29, 0.717) is 6.54 Å². The summed E-state index contributed by atoms with van der Waals surface area (Å²) >= 11 is 0. The second-order valence-electron chi connectivity index (χ2n) is 2.26. The van der Waals surface area contributed by atoms with Crippen LogP contribution in [0.15, 0.2) is 0 Å². The Balaban J connectivity index is 2.83. The van der Waals surface area contributed by atoms with E-state index in [1.54, 1.807) is 0 Å². The minimum atomic E-state index is 0.146. The first-order chi connectivity index (χ1) is 4.75. The van der Waals surface area contributed by atoms with E-state index in [1.807, 2.05) is 18.4 Å². The number of aliphatic hydroxyl groups is 1. The standard InChI is InChI=1S/C7H11N2O/c1-6-7(2)9(3-4-10)5-8-6/h10H,3-4H2,1-2H3. The Morgan fingerprint density at radius 3 is 2.70 bits per heavy atom. The number of rotatable bonds is 2. The number of aryl methyl sites for hydroxylation is 1. The van der Waals surface area contributed by atoms with Crippen LogP contribution in [0.2, 0.25) is 0 Å². The first kappa shape index (κ1) is 7.28. The van der Waals surface area contributed by atoms with E-state index in [1.165, 1.54) is 0 Å². The van der Waals surface area contributed by atoms with E-state index >= 15 is 0 Å². The molecule has 3 heteroatoms. The lowest BCUT2D eigenvalue weighted by Crippen LogP contribution is -2.02. The smallest absolute Gasteiger partial charge is 0.177 e. The van der Waals surface area contributed by atoms with Crippen LogP contribution in [0.3, 0.4) is 0 Å². The molecule has 0 spiro atoms. The molecule has 1 aromatic rings. The topological polar surface area (TPSA) is 38.0 Å². The molecule has 1 N–H and O–H groups in total. The molecular weight excluding hydrogens is 128 g/mol. The second kappa shape index (κ2) is 2.84. The van der Waals surface area contributed by atoms with E-state index in [2.05, 4.69) is 11.3 Å². The molecule has 0 aliphatic heterocycles.